The Balaban J connectivity index is 2.35. The maximum absolute atomic E-state index is 8.89. The molecule has 2 heterocycles. The Kier molecular flexibility index (Phi) is 2.74. The van der Waals surface area contributed by atoms with Crippen molar-refractivity contribution in [3.05, 3.63) is 41.7 Å². The Bertz CT molecular complexity index is 544. The van der Waals surface area contributed by atoms with Crippen LogP contribution in [0.3, 0.4) is 0 Å². The van der Waals surface area contributed by atoms with Crippen LogP contribution in [0.1, 0.15) is 11.1 Å². The van der Waals surface area contributed by atoms with Crippen LogP contribution in [-0.2, 0) is 0 Å². The van der Waals surface area contributed by atoms with Crippen LogP contribution >= 0.6 is 0 Å². The number of aryl methyl sites for hydroxylation is 1. The fourth-order valence-corrected chi connectivity index (χ4v) is 1.24. The molecule has 0 saturated heterocycles. The summed E-state index contributed by atoms with van der Waals surface area (Å²) in [6.45, 7) is 1.93. The topological polar surface area (TPSA) is 74.5 Å². The van der Waals surface area contributed by atoms with Gasteiger partial charge in [0, 0.05) is 6.20 Å². The van der Waals surface area contributed by atoms with Crippen molar-refractivity contribution in [3.8, 4) is 6.07 Å². The van der Waals surface area contributed by atoms with Crippen molar-refractivity contribution in [2.24, 2.45) is 0 Å². The fourth-order valence-electron chi connectivity index (χ4n) is 1.24. The highest BCUT2D eigenvalue weighted by molar-refractivity contribution is 5.61. The second-order valence-electron chi connectivity index (χ2n) is 3.20. The van der Waals surface area contributed by atoms with Crippen LogP contribution < -0.4 is 5.32 Å². The molecule has 0 aliphatic heterocycles. The lowest BCUT2D eigenvalue weighted by molar-refractivity contribution is 1.02. The standard InChI is InChI=1S/C11H9N5/c1-8-3-2-5-13-10(8)15-11-9(7-12)4-6-14-16-11/h2-6H,1H3,(H,13,15,16). The lowest BCUT2D eigenvalue weighted by Gasteiger charge is -2.06. The van der Waals surface area contributed by atoms with Gasteiger partial charge in [-0.25, -0.2) is 4.98 Å². The molecular formula is C11H9N5. The number of anilines is 2. The van der Waals surface area contributed by atoms with Crippen LogP contribution in [0.15, 0.2) is 30.6 Å². The molecule has 0 bridgehead atoms. The minimum atomic E-state index is 0.423. The second kappa shape index (κ2) is 4.36. The minimum absolute atomic E-state index is 0.423. The molecule has 0 atom stereocenters. The molecule has 2 aromatic heterocycles. The van der Waals surface area contributed by atoms with Gasteiger partial charge in [0.05, 0.1) is 11.8 Å². The van der Waals surface area contributed by atoms with Crippen molar-refractivity contribution in [3.63, 3.8) is 0 Å². The molecule has 0 amide bonds. The largest absolute Gasteiger partial charge is 0.322 e. The van der Waals surface area contributed by atoms with E-state index in [9.17, 15) is 0 Å². The van der Waals surface area contributed by atoms with Crippen molar-refractivity contribution in [1.82, 2.24) is 15.2 Å². The van der Waals surface area contributed by atoms with E-state index in [1.807, 2.05) is 25.1 Å². The Labute approximate surface area is 92.8 Å². The van der Waals surface area contributed by atoms with E-state index in [1.54, 1.807) is 12.3 Å². The fraction of sp³-hybridized carbons (Fsp3) is 0.0909. The third kappa shape index (κ3) is 1.96. The van der Waals surface area contributed by atoms with Crippen LogP contribution in [0.2, 0.25) is 0 Å². The lowest BCUT2D eigenvalue weighted by atomic mass is 10.2. The first-order chi connectivity index (χ1) is 7.81. The summed E-state index contributed by atoms with van der Waals surface area (Å²) < 4.78 is 0. The number of nitriles is 1. The van der Waals surface area contributed by atoms with E-state index in [1.165, 1.54) is 6.20 Å². The lowest BCUT2D eigenvalue weighted by Crippen LogP contribution is -2.01. The van der Waals surface area contributed by atoms with E-state index >= 15 is 0 Å². The van der Waals surface area contributed by atoms with E-state index in [-0.39, 0.29) is 0 Å². The van der Waals surface area contributed by atoms with Crippen LogP contribution in [0.25, 0.3) is 0 Å². The van der Waals surface area contributed by atoms with Gasteiger partial charge < -0.3 is 5.32 Å². The second-order valence-corrected chi connectivity index (χ2v) is 3.20. The van der Waals surface area contributed by atoms with Gasteiger partial charge in [0.15, 0.2) is 5.82 Å². The highest BCUT2D eigenvalue weighted by Gasteiger charge is 2.05. The molecule has 0 aromatic carbocycles. The molecule has 0 saturated carbocycles. The van der Waals surface area contributed by atoms with Crippen LogP contribution in [0, 0.1) is 18.3 Å². The number of hydrogen-bond acceptors (Lipinski definition) is 5. The first-order valence-electron chi connectivity index (χ1n) is 4.71. The molecule has 16 heavy (non-hydrogen) atoms. The number of nitrogens with one attached hydrogen (secondary N) is 1. The summed E-state index contributed by atoms with van der Waals surface area (Å²) in [6, 6.07) is 7.43. The number of pyridine rings is 1. The predicted molar refractivity (Wildman–Crippen MR) is 59.0 cm³/mol. The minimum Gasteiger partial charge on any atom is -0.322 e. The van der Waals surface area contributed by atoms with Crippen LogP contribution in [0.5, 0.6) is 0 Å². The quantitative estimate of drug-likeness (QED) is 0.819. The molecule has 5 nitrogen and oxygen atoms in total. The molecule has 78 valence electrons. The zero-order valence-corrected chi connectivity index (χ0v) is 8.68. The maximum Gasteiger partial charge on any atom is 0.172 e. The smallest absolute Gasteiger partial charge is 0.172 e. The molecule has 0 aliphatic carbocycles. The van der Waals surface area contributed by atoms with Gasteiger partial charge in [0.25, 0.3) is 0 Å². The van der Waals surface area contributed by atoms with Gasteiger partial charge in [0.2, 0.25) is 0 Å². The molecule has 0 unspecified atom stereocenters. The van der Waals surface area contributed by atoms with Gasteiger partial charge in [-0.15, -0.1) is 5.10 Å². The summed E-state index contributed by atoms with van der Waals surface area (Å²) in [4.78, 5) is 4.16. The van der Waals surface area contributed by atoms with E-state index in [2.05, 4.69) is 20.5 Å². The van der Waals surface area contributed by atoms with Gasteiger partial charge in [-0.1, -0.05) is 6.07 Å². The number of rotatable bonds is 2. The normalized spacial score (nSPS) is 9.50. The van der Waals surface area contributed by atoms with E-state index < -0.39 is 0 Å². The summed E-state index contributed by atoms with van der Waals surface area (Å²) in [6.07, 6.45) is 3.16. The zero-order chi connectivity index (χ0) is 11.4. The average molecular weight is 211 g/mol. The van der Waals surface area contributed by atoms with Crippen molar-refractivity contribution in [2.75, 3.05) is 5.32 Å². The highest BCUT2D eigenvalue weighted by atomic mass is 15.2. The van der Waals surface area contributed by atoms with E-state index in [0.717, 1.165) is 5.56 Å². The predicted octanol–water partition coefficient (Wildman–Crippen LogP) is 1.80. The Morgan fingerprint density at radius 2 is 2.12 bits per heavy atom. The summed E-state index contributed by atoms with van der Waals surface area (Å²) in [5.74, 6) is 1.10. The zero-order valence-electron chi connectivity index (χ0n) is 8.68. The maximum atomic E-state index is 8.89. The van der Waals surface area contributed by atoms with Gasteiger partial charge in [0.1, 0.15) is 11.9 Å². The molecule has 1 N–H and O–H groups in total. The number of aromatic nitrogens is 3. The van der Waals surface area contributed by atoms with E-state index in [0.29, 0.717) is 17.2 Å². The molecule has 2 rings (SSSR count). The van der Waals surface area contributed by atoms with Crippen LogP contribution in [0.4, 0.5) is 11.6 Å². The van der Waals surface area contributed by atoms with Crippen molar-refractivity contribution < 1.29 is 0 Å². The van der Waals surface area contributed by atoms with Crippen molar-refractivity contribution in [2.45, 2.75) is 6.92 Å². The summed E-state index contributed by atoms with van der Waals surface area (Å²) in [5, 5.41) is 19.5. The highest BCUT2D eigenvalue weighted by Crippen LogP contribution is 2.17. The SMILES string of the molecule is Cc1cccnc1Nc1nnccc1C#N. The molecule has 0 fully saturated rings. The van der Waals surface area contributed by atoms with Gasteiger partial charge in [-0.05, 0) is 24.6 Å². The van der Waals surface area contributed by atoms with Gasteiger partial charge in [-0.3, -0.25) is 0 Å². The summed E-state index contributed by atoms with van der Waals surface area (Å²) in [7, 11) is 0. The molecule has 2 aromatic rings. The first kappa shape index (κ1) is 10.1. The van der Waals surface area contributed by atoms with Gasteiger partial charge >= 0.3 is 0 Å². The average Bonchev–Trinajstić information content (AvgIpc) is 2.33. The van der Waals surface area contributed by atoms with Gasteiger partial charge in [-0.2, -0.15) is 10.4 Å². The molecule has 0 aliphatic rings. The Morgan fingerprint density at radius 1 is 1.25 bits per heavy atom. The third-order valence-corrected chi connectivity index (χ3v) is 2.09. The van der Waals surface area contributed by atoms with Crippen molar-refractivity contribution in [1.29, 1.82) is 5.26 Å². The number of hydrogen-bond donors (Lipinski definition) is 1. The molecule has 5 heteroatoms. The molecule has 0 radical (unpaired) electrons. The monoisotopic (exact) mass is 211 g/mol. The Morgan fingerprint density at radius 3 is 2.88 bits per heavy atom. The first-order valence-corrected chi connectivity index (χ1v) is 4.71. The van der Waals surface area contributed by atoms with E-state index in [4.69, 9.17) is 5.26 Å². The molecular weight excluding hydrogens is 202 g/mol. The Hall–Kier alpha value is -2.48. The summed E-state index contributed by atoms with van der Waals surface area (Å²) in [5.41, 5.74) is 1.43. The van der Waals surface area contributed by atoms with Crippen molar-refractivity contribution >= 4 is 11.6 Å². The third-order valence-electron chi connectivity index (χ3n) is 2.09. The number of nitrogens with zero attached hydrogens (tertiary/aromatic N) is 4. The molecule has 0 spiro atoms. The van der Waals surface area contributed by atoms with Crippen LogP contribution in [-0.4, -0.2) is 15.2 Å². The summed E-state index contributed by atoms with van der Waals surface area (Å²) >= 11 is 0.